The van der Waals surface area contributed by atoms with Crippen LogP contribution >= 0.6 is 0 Å². The second kappa shape index (κ2) is 7.01. The van der Waals surface area contributed by atoms with E-state index >= 15 is 0 Å². The van der Waals surface area contributed by atoms with Crippen molar-refractivity contribution in [2.24, 2.45) is 0 Å². The smallest absolute Gasteiger partial charge is 0.246 e. The predicted molar refractivity (Wildman–Crippen MR) is 93.9 cm³/mol. The average molecular weight is 325 g/mol. The van der Waals surface area contributed by atoms with Crippen LogP contribution in [-0.2, 0) is 4.79 Å². The van der Waals surface area contributed by atoms with E-state index in [1.807, 2.05) is 54.9 Å². The van der Waals surface area contributed by atoms with Crippen molar-refractivity contribution >= 4 is 12.0 Å². The van der Waals surface area contributed by atoms with Crippen LogP contribution in [0.15, 0.2) is 36.4 Å². The highest BCUT2D eigenvalue weighted by atomic mass is 16.3. The lowest BCUT2D eigenvalue weighted by Crippen LogP contribution is -2.36. The first-order chi connectivity index (χ1) is 11.6. The summed E-state index contributed by atoms with van der Waals surface area (Å²) in [7, 11) is 0. The van der Waals surface area contributed by atoms with Gasteiger partial charge < -0.3 is 10.0 Å². The molecule has 1 fully saturated rings. The molecular formula is C19H23N3O2. The molecule has 24 heavy (non-hydrogen) atoms. The molecule has 5 heteroatoms. The van der Waals surface area contributed by atoms with Crippen LogP contribution in [0.3, 0.4) is 0 Å². The van der Waals surface area contributed by atoms with Gasteiger partial charge in [0.1, 0.15) is 0 Å². The average Bonchev–Trinajstić information content (AvgIpc) is 3.18. The number of likely N-dealkylation sites (tertiary alicyclic amines) is 1. The second-order valence-electron chi connectivity index (χ2n) is 6.18. The first-order valence-electron chi connectivity index (χ1n) is 8.33. The van der Waals surface area contributed by atoms with E-state index in [0.29, 0.717) is 0 Å². The zero-order valence-corrected chi connectivity index (χ0v) is 14.1. The van der Waals surface area contributed by atoms with Gasteiger partial charge >= 0.3 is 0 Å². The number of rotatable bonds is 4. The summed E-state index contributed by atoms with van der Waals surface area (Å²) in [5, 5.41) is 13.9. The van der Waals surface area contributed by atoms with Crippen molar-refractivity contribution in [3.63, 3.8) is 0 Å². The van der Waals surface area contributed by atoms with Crippen LogP contribution in [0.5, 0.6) is 0 Å². The Morgan fingerprint density at radius 2 is 2.08 bits per heavy atom. The summed E-state index contributed by atoms with van der Waals surface area (Å²) in [4.78, 5) is 14.1. The van der Waals surface area contributed by atoms with Crippen LogP contribution in [0, 0.1) is 13.8 Å². The molecule has 1 atom stereocenters. The third-order valence-electron chi connectivity index (χ3n) is 4.61. The molecule has 2 heterocycles. The van der Waals surface area contributed by atoms with Gasteiger partial charge in [-0.25, -0.2) is 4.68 Å². The number of carbonyl (C=O) groups excluding carboxylic acids is 1. The van der Waals surface area contributed by atoms with Crippen molar-refractivity contribution in [3.8, 4) is 5.69 Å². The maximum absolute atomic E-state index is 12.4. The molecule has 1 aliphatic rings. The molecule has 0 aliphatic carbocycles. The minimum Gasteiger partial charge on any atom is -0.394 e. The van der Waals surface area contributed by atoms with Crippen LogP contribution < -0.4 is 0 Å². The summed E-state index contributed by atoms with van der Waals surface area (Å²) in [5.74, 6) is -0.0437. The summed E-state index contributed by atoms with van der Waals surface area (Å²) in [6, 6.07) is 9.90. The number of aryl methyl sites for hydroxylation is 1. The molecule has 0 saturated carbocycles. The number of aliphatic hydroxyl groups is 1. The molecule has 1 saturated heterocycles. The van der Waals surface area contributed by atoms with E-state index in [4.69, 9.17) is 0 Å². The van der Waals surface area contributed by atoms with Gasteiger partial charge in [0.15, 0.2) is 0 Å². The number of para-hydroxylation sites is 1. The molecule has 3 rings (SSSR count). The Bertz CT molecular complexity index is 749. The molecule has 0 spiro atoms. The number of nitrogens with zero attached hydrogens (tertiary/aromatic N) is 3. The Morgan fingerprint density at radius 1 is 1.33 bits per heavy atom. The van der Waals surface area contributed by atoms with Crippen LogP contribution in [-0.4, -0.2) is 44.9 Å². The van der Waals surface area contributed by atoms with Crippen molar-refractivity contribution in [2.45, 2.75) is 32.7 Å². The van der Waals surface area contributed by atoms with Crippen LogP contribution in [0.2, 0.25) is 0 Å². The Hall–Kier alpha value is -2.40. The largest absolute Gasteiger partial charge is 0.394 e. The van der Waals surface area contributed by atoms with Gasteiger partial charge in [-0.2, -0.15) is 5.10 Å². The van der Waals surface area contributed by atoms with E-state index in [0.717, 1.165) is 42.0 Å². The highest BCUT2D eigenvalue weighted by Crippen LogP contribution is 2.21. The maximum Gasteiger partial charge on any atom is 0.246 e. The quantitative estimate of drug-likeness (QED) is 0.879. The molecule has 0 unspecified atom stereocenters. The minimum atomic E-state index is -0.0450. The molecule has 1 N–H and O–H groups in total. The SMILES string of the molecule is Cc1nn(-c2ccccc2)c(C)c1/C=C/C(=O)N1CCC[C@@H]1CO. The highest BCUT2D eigenvalue weighted by molar-refractivity contribution is 5.92. The summed E-state index contributed by atoms with van der Waals surface area (Å²) < 4.78 is 1.89. The molecule has 0 bridgehead atoms. The van der Waals surface area contributed by atoms with Crippen LogP contribution in [0.4, 0.5) is 0 Å². The summed E-state index contributed by atoms with van der Waals surface area (Å²) >= 11 is 0. The zero-order chi connectivity index (χ0) is 17.1. The van der Waals surface area contributed by atoms with Crippen LogP contribution in [0.25, 0.3) is 11.8 Å². The highest BCUT2D eigenvalue weighted by Gasteiger charge is 2.26. The number of amides is 1. The van der Waals surface area contributed by atoms with Gasteiger partial charge in [0.25, 0.3) is 0 Å². The Morgan fingerprint density at radius 3 is 2.79 bits per heavy atom. The molecule has 2 aromatic rings. The predicted octanol–water partition coefficient (Wildman–Crippen LogP) is 2.49. The Balaban J connectivity index is 1.83. The fraction of sp³-hybridized carbons (Fsp3) is 0.368. The lowest BCUT2D eigenvalue weighted by Gasteiger charge is -2.21. The van der Waals surface area contributed by atoms with Crippen molar-refractivity contribution in [3.05, 3.63) is 53.4 Å². The standard InChI is InChI=1S/C19H23N3O2/c1-14-18(10-11-19(24)21-12-6-9-17(21)13-23)15(2)22(20-14)16-7-4-3-5-8-16/h3-5,7-8,10-11,17,23H,6,9,12-13H2,1-2H3/b11-10+/t17-/m1/s1. The third-order valence-corrected chi connectivity index (χ3v) is 4.61. The monoisotopic (exact) mass is 325 g/mol. The molecule has 1 amide bonds. The molecule has 126 valence electrons. The number of hydrogen-bond donors (Lipinski definition) is 1. The van der Waals surface area contributed by atoms with Crippen molar-refractivity contribution in [2.75, 3.05) is 13.2 Å². The van der Waals surface area contributed by atoms with E-state index in [-0.39, 0.29) is 18.6 Å². The topological polar surface area (TPSA) is 58.4 Å². The molecule has 1 aromatic carbocycles. The van der Waals surface area contributed by atoms with Gasteiger partial charge in [0.2, 0.25) is 5.91 Å². The normalized spacial score (nSPS) is 17.8. The number of aromatic nitrogens is 2. The summed E-state index contributed by atoms with van der Waals surface area (Å²) in [6.45, 7) is 4.70. The van der Waals surface area contributed by atoms with Gasteiger partial charge in [-0.1, -0.05) is 18.2 Å². The van der Waals surface area contributed by atoms with Gasteiger partial charge in [0, 0.05) is 23.9 Å². The Kier molecular flexibility index (Phi) is 4.81. The van der Waals surface area contributed by atoms with Crippen LogP contribution in [0.1, 0.15) is 29.8 Å². The zero-order valence-electron chi connectivity index (χ0n) is 14.1. The van der Waals surface area contributed by atoms with Gasteiger partial charge in [-0.3, -0.25) is 4.79 Å². The lowest BCUT2D eigenvalue weighted by atomic mass is 10.1. The summed E-state index contributed by atoms with van der Waals surface area (Å²) in [6.07, 6.45) is 5.27. The lowest BCUT2D eigenvalue weighted by molar-refractivity contribution is -0.127. The number of aliphatic hydroxyl groups excluding tert-OH is 1. The van der Waals surface area contributed by atoms with Gasteiger partial charge in [0.05, 0.1) is 24.0 Å². The number of hydrogen-bond acceptors (Lipinski definition) is 3. The molecule has 5 nitrogen and oxygen atoms in total. The van der Waals surface area contributed by atoms with E-state index in [1.165, 1.54) is 0 Å². The first kappa shape index (κ1) is 16.5. The van der Waals surface area contributed by atoms with E-state index in [9.17, 15) is 9.90 Å². The Labute approximate surface area is 142 Å². The van der Waals surface area contributed by atoms with Gasteiger partial charge in [-0.15, -0.1) is 0 Å². The maximum atomic E-state index is 12.4. The summed E-state index contributed by atoms with van der Waals surface area (Å²) in [5.41, 5.74) is 3.86. The second-order valence-corrected chi connectivity index (χ2v) is 6.18. The van der Waals surface area contributed by atoms with E-state index < -0.39 is 0 Å². The molecule has 1 aliphatic heterocycles. The van der Waals surface area contributed by atoms with E-state index in [2.05, 4.69) is 5.10 Å². The van der Waals surface area contributed by atoms with E-state index in [1.54, 1.807) is 11.0 Å². The molecular weight excluding hydrogens is 302 g/mol. The van der Waals surface area contributed by atoms with Crippen molar-refractivity contribution in [1.29, 1.82) is 0 Å². The minimum absolute atomic E-state index is 0.0313. The fourth-order valence-electron chi connectivity index (χ4n) is 3.28. The van der Waals surface area contributed by atoms with Crippen molar-refractivity contribution in [1.82, 2.24) is 14.7 Å². The third kappa shape index (κ3) is 3.12. The fourth-order valence-corrected chi connectivity index (χ4v) is 3.28. The molecule has 1 aromatic heterocycles. The number of benzene rings is 1. The van der Waals surface area contributed by atoms with Gasteiger partial charge in [-0.05, 0) is 44.9 Å². The first-order valence-corrected chi connectivity index (χ1v) is 8.33. The van der Waals surface area contributed by atoms with Crippen molar-refractivity contribution < 1.29 is 9.90 Å². The molecule has 0 radical (unpaired) electrons. The number of carbonyl (C=O) groups is 1.